The van der Waals surface area contributed by atoms with Gasteiger partial charge in [-0.2, -0.15) is 0 Å². The number of amides is 1. The Morgan fingerprint density at radius 3 is 2.64 bits per heavy atom. The van der Waals surface area contributed by atoms with Gasteiger partial charge in [0, 0.05) is 31.0 Å². The van der Waals surface area contributed by atoms with Crippen molar-refractivity contribution in [1.82, 2.24) is 14.5 Å². The first-order valence-corrected chi connectivity index (χ1v) is 8.21. The number of pyridine rings is 1. The summed E-state index contributed by atoms with van der Waals surface area (Å²) >= 11 is 0. The van der Waals surface area contributed by atoms with E-state index >= 15 is 0 Å². The van der Waals surface area contributed by atoms with Crippen LogP contribution in [-0.2, 0) is 11.3 Å². The first-order valence-electron chi connectivity index (χ1n) is 8.21. The Bertz CT molecular complexity index is 976. The van der Waals surface area contributed by atoms with E-state index in [9.17, 15) is 13.6 Å². The molecule has 0 atom stereocenters. The molecule has 0 saturated carbocycles. The normalized spacial score (nSPS) is 14.0. The van der Waals surface area contributed by atoms with Gasteiger partial charge in [-0.15, -0.1) is 0 Å². The maximum Gasteiger partial charge on any atom is 0.242 e. The monoisotopic (exact) mass is 341 g/mol. The summed E-state index contributed by atoms with van der Waals surface area (Å²) in [5.41, 5.74) is 3.83. The zero-order valence-corrected chi connectivity index (χ0v) is 13.8. The number of aromatic nitrogens is 2. The summed E-state index contributed by atoms with van der Waals surface area (Å²) in [6.07, 6.45) is 4.60. The molecule has 1 saturated heterocycles. The Kier molecular flexibility index (Phi) is 3.75. The largest absolute Gasteiger partial charge is 0.341 e. The Labute approximate surface area is 143 Å². The molecule has 0 unspecified atom stereocenters. The van der Waals surface area contributed by atoms with Crippen LogP contribution in [0.3, 0.4) is 0 Å². The molecule has 4 nitrogen and oxygen atoms in total. The van der Waals surface area contributed by atoms with Crippen LogP contribution in [0.25, 0.3) is 22.2 Å². The Hall–Kier alpha value is -2.76. The number of fused-ring (bicyclic) bond motifs is 1. The van der Waals surface area contributed by atoms with Gasteiger partial charge in [0.1, 0.15) is 6.54 Å². The molecule has 1 amide bonds. The van der Waals surface area contributed by atoms with E-state index in [0.717, 1.165) is 48.2 Å². The predicted molar refractivity (Wildman–Crippen MR) is 91.0 cm³/mol. The van der Waals surface area contributed by atoms with Gasteiger partial charge in [-0.3, -0.25) is 9.78 Å². The van der Waals surface area contributed by atoms with Crippen LogP contribution in [0.2, 0.25) is 0 Å². The fourth-order valence-electron chi connectivity index (χ4n) is 3.12. The Balaban J connectivity index is 1.74. The minimum Gasteiger partial charge on any atom is -0.341 e. The average Bonchev–Trinajstić information content (AvgIpc) is 2.84. The highest BCUT2D eigenvalue weighted by Crippen LogP contribution is 2.27. The van der Waals surface area contributed by atoms with Crippen LogP contribution in [-0.4, -0.2) is 33.4 Å². The Morgan fingerprint density at radius 1 is 1.16 bits per heavy atom. The van der Waals surface area contributed by atoms with E-state index in [-0.39, 0.29) is 12.5 Å². The molecule has 3 heterocycles. The summed E-state index contributed by atoms with van der Waals surface area (Å²) in [5, 5.41) is 0. The second-order valence-electron chi connectivity index (χ2n) is 6.39. The fraction of sp³-hybridized carbons (Fsp3) is 0.263. The minimum atomic E-state index is -0.892. The Morgan fingerprint density at radius 2 is 1.96 bits per heavy atom. The number of hydrogen-bond donors (Lipinski definition) is 0. The van der Waals surface area contributed by atoms with Crippen LogP contribution < -0.4 is 0 Å². The van der Waals surface area contributed by atoms with E-state index in [1.54, 1.807) is 6.20 Å². The molecule has 1 aliphatic rings. The molecule has 0 radical (unpaired) electrons. The van der Waals surface area contributed by atoms with Crippen LogP contribution in [0.5, 0.6) is 0 Å². The summed E-state index contributed by atoms with van der Waals surface area (Å²) in [5.74, 6) is -1.68. The highest BCUT2D eigenvalue weighted by atomic mass is 19.2. The summed E-state index contributed by atoms with van der Waals surface area (Å²) in [6.45, 7) is 3.83. The summed E-state index contributed by atoms with van der Waals surface area (Å²) < 4.78 is 28.6. The highest BCUT2D eigenvalue weighted by Gasteiger charge is 2.21. The van der Waals surface area contributed by atoms with E-state index in [2.05, 4.69) is 4.98 Å². The van der Waals surface area contributed by atoms with Gasteiger partial charge in [-0.05, 0) is 42.7 Å². The van der Waals surface area contributed by atoms with E-state index in [1.807, 2.05) is 28.7 Å². The molecule has 1 aliphatic heterocycles. The molecule has 1 fully saturated rings. The minimum absolute atomic E-state index is 0.0846. The second-order valence-corrected chi connectivity index (χ2v) is 6.39. The van der Waals surface area contributed by atoms with Crippen LogP contribution in [0, 0.1) is 18.6 Å². The van der Waals surface area contributed by atoms with Crippen molar-refractivity contribution in [3.63, 3.8) is 0 Å². The lowest BCUT2D eigenvalue weighted by Crippen LogP contribution is -2.43. The lowest BCUT2D eigenvalue weighted by molar-refractivity contribution is -0.135. The van der Waals surface area contributed by atoms with E-state index in [1.165, 1.54) is 6.07 Å². The molecule has 4 rings (SSSR count). The van der Waals surface area contributed by atoms with Crippen molar-refractivity contribution in [3.05, 3.63) is 53.9 Å². The van der Waals surface area contributed by atoms with Gasteiger partial charge in [0.05, 0.1) is 11.0 Å². The quantitative estimate of drug-likeness (QED) is 0.731. The molecular weight excluding hydrogens is 324 g/mol. The fourth-order valence-corrected chi connectivity index (χ4v) is 3.12. The van der Waals surface area contributed by atoms with Crippen molar-refractivity contribution in [2.24, 2.45) is 0 Å². The van der Waals surface area contributed by atoms with Crippen molar-refractivity contribution >= 4 is 16.9 Å². The molecule has 3 aromatic rings. The molecule has 0 aliphatic carbocycles. The standard InChI is InChI=1S/C19H17F2N3O/c1-12-10-24(11-18(25)23-5-2-6-23)17-8-14(9-22-19(12)17)13-3-4-15(20)16(21)7-13/h3-4,7-10H,2,5-6,11H2,1H3. The molecule has 1 aromatic carbocycles. The zero-order valence-electron chi connectivity index (χ0n) is 13.8. The van der Waals surface area contributed by atoms with Crippen molar-refractivity contribution in [3.8, 4) is 11.1 Å². The number of hydrogen-bond acceptors (Lipinski definition) is 2. The van der Waals surface area contributed by atoms with Gasteiger partial charge in [-0.25, -0.2) is 8.78 Å². The average molecular weight is 341 g/mol. The molecular formula is C19H17F2N3O. The first-order chi connectivity index (χ1) is 12.0. The SMILES string of the molecule is Cc1cn(CC(=O)N2CCC2)c2cc(-c3ccc(F)c(F)c3)cnc12. The van der Waals surface area contributed by atoms with E-state index in [4.69, 9.17) is 0 Å². The number of carbonyl (C=O) groups excluding carboxylic acids is 1. The number of rotatable bonds is 3. The van der Waals surface area contributed by atoms with Crippen molar-refractivity contribution in [2.45, 2.75) is 19.9 Å². The second kappa shape index (κ2) is 5.95. The molecule has 0 N–H and O–H groups in total. The molecule has 6 heteroatoms. The van der Waals surface area contributed by atoms with Crippen LogP contribution in [0.4, 0.5) is 8.78 Å². The number of aryl methyl sites for hydroxylation is 1. The lowest BCUT2D eigenvalue weighted by Gasteiger charge is -2.31. The van der Waals surface area contributed by atoms with Gasteiger partial charge in [-0.1, -0.05) is 6.07 Å². The molecule has 128 valence electrons. The van der Waals surface area contributed by atoms with Gasteiger partial charge in [0.15, 0.2) is 11.6 Å². The predicted octanol–water partition coefficient (Wildman–Crippen LogP) is 3.52. The molecule has 0 spiro atoms. The zero-order chi connectivity index (χ0) is 17.6. The summed E-state index contributed by atoms with van der Waals surface area (Å²) in [7, 11) is 0. The summed E-state index contributed by atoms with van der Waals surface area (Å²) in [6, 6.07) is 5.65. The number of halogens is 2. The van der Waals surface area contributed by atoms with Crippen LogP contribution in [0.1, 0.15) is 12.0 Å². The maximum absolute atomic E-state index is 13.5. The number of carbonyl (C=O) groups is 1. The first kappa shape index (κ1) is 15.7. The third-order valence-corrected chi connectivity index (χ3v) is 4.67. The van der Waals surface area contributed by atoms with Gasteiger partial charge >= 0.3 is 0 Å². The van der Waals surface area contributed by atoms with E-state index < -0.39 is 11.6 Å². The van der Waals surface area contributed by atoms with Gasteiger partial charge in [0.2, 0.25) is 5.91 Å². The van der Waals surface area contributed by atoms with Gasteiger partial charge < -0.3 is 9.47 Å². The molecule has 2 aromatic heterocycles. The van der Waals surface area contributed by atoms with Crippen LogP contribution in [0.15, 0.2) is 36.7 Å². The number of benzene rings is 1. The molecule has 0 bridgehead atoms. The maximum atomic E-state index is 13.5. The molecule has 25 heavy (non-hydrogen) atoms. The van der Waals surface area contributed by atoms with Crippen molar-refractivity contribution in [2.75, 3.05) is 13.1 Å². The van der Waals surface area contributed by atoms with E-state index in [0.29, 0.717) is 11.1 Å². The smallest absolute Gasteiger partial charge is 0.242 e. The van der Waals surface area contributed by atoms with Crippen molar-refractivity contribution < 1.29 is 13.6 Å². The number of likely N-dealkylation sites (tertiary alicyclic amines) is 1. The summed E-state index contributed by atoms with van der Waals surface area (Å²) in [4.78, 5) is 18.6. The number of nitrogens with zero attached hydrogens (tertiary/aromatic N) is 3. The van der Waals surface area contributed by atoms with Crippen LogP contribution >= 0.6 is 0 Å². The van der Waals surface area contributed by atoms with Gasteiger partial charge in [0.25, 0.3) is 0 Å². The topological polar surface area (TPSA) is 38.1 Å². The third kappa shape index (κ3) is 2.77. The lowest BCUT2D eigenvalue weighted by atomic mass is 10.1. The van der Waals surface area contributed by atoms with Crippen molar-refractivity contribution in [1.29, 1.82) is 0 Å². The third-order valence-electron chi connectivity index (χ3n) is 4.67. The highest BCUT2D eigenvalue weighted by molar-refractivity contribution is 5.86.